The van der Waals surface area contributed by atoms with E-state index in [-0.39, 0.29) is 43.2 Å². The zero-order valence-electron chi connectivity index (χ0n) is 26.2. The van der Waals surface area contributed by atoms with E-state index in [4.69, 9.17) is 9.47 Å². The SMILES string of the molecule is CC(=O)NCCCCCC(=O)NCc1cccc(-c2ccc([C@H]3O[C@@H](CSCCO)[C@@H](C)[C@@H](c4ccc(CO)cc4)O3)cc2)c1. The van der Waals surface area contributed by atoms with Crippen LogP contribution in [0.4, 0.5) is 0 Å². The Balaban J connectivity index is 1.37. The fourth-order valence-electron chi connectivity index (χ4n) is 5.41. The highest BCUT2D eigenvalue weighted by Crippen LogP contribution is 2.42. The predicted octanol–water partition coefficient (Wildman–Crippen LogP) is 5.68. The van der Waals surface area contributed by atoms with Crippen LogP contribution in [-0.2, 0) is 32.2 Å². The Morgan fingerprint density at radius 2 is 1.60 bits per heavy atom. The molecule has 0 aromatic heterocycles. The second-order valence-corrected chi connectivity index (χ2v) is 12.7. The van der Waals surface area contributed by atoms with Gasteiger partial charge in [-0.2, -0.15) is 11.8 Å². The van der Waals surface area contributed by atoms with Crippen molar-refractivity contribution in [3.05, 3.63) is 95.1 Å². The number of carbonyl (C=O) groups excluding carboxylic acids is 2. The average Bonchev–Trinajstić information content (AvgIpc) is 3.06. The molecule has 1 fully saturated rings. The fourth-order valence-corrected chi connectivity index (χ4v) is 6.32. The molecule has 9 heteroatoms. The number of thioether (sulfide) groups is 1. The Morgan fingerprint density at radius 3 is 2.31 bits per heavy atom. The molecule has 1 aliphatic heterocycles. The predicted molar refractivity (Wildman–Crippen MR) is 178 cm³/mol. The highest BCUT2D eigenvalue weighted by molar-refractivity contribution is 7.99. The van der Waals surface area contributed by atoms with Crippen molar-refractivity contribution >= 4 is 23.6 Å². The van der Waals surface area contributed by atoms with Crippen molar-refractivity contribution < 1.29 is 29.3 Å². The second kappa shape index (κ2) is 18.1. The van der Waals surface area contributed by atoms with Gasteiger partial charge < -0.3 is 30.3 Å². The zero-order chi connectivity index (χ0) is 32.0. The van der Waals surface area contributed by atoms with Crippen molar-refractivity contribution in [3.8, 4) is 11.1 Å². The lowest BCUT2D eigenvalue weighted by atomic mass is 9.91. The molecular formula is C36H46N2O6S. The number of unbranched alkanes of at least 4 members (excludes halogenated alkanes) is 2. The number of nitrogens with one attached hydrogen (secondary N) is 2. The lowest BCUT2D eigenvalue weighted by Gasteiger charge is -2.41. The quantitative estimate of drug-likeness (QED) is 0.150. The van der Waals surface area contributed by atoms with Gasteiger partial charge in [0.25, 0.3) is 0 Å². The average molecular weight is 635 g/mol. The van der Waals surface area contributed by atoms with Crippen molar-refractivity contribution in [2.24, 2.45) is 5.92 Å². The van der Waals surface area contributed by atoms with Crippen LogP contribution in [0.5, 0.6) is 0 Å². The van der Waals surface area contributed by atoms with E-state index >= 15 is 0 Å². The normalized spacial score (nSPS) is 19.6. The first-order chi connectivity index (χ1) is 21.9. The number of aliphatic hydroxyl groups is 2. The highest BCUT2D eigenvalue weighted by atomic mass is 32.2. The molecule has 3 aromatic carbocycles. The third-order valence-electron chi connectivity index (χ3n) is 8.03. The van der Waals surface area contributed by atoms with Crippen LogP contribution < -0.4 is 10.6 Å². The number of amides is 2. The largest absolute Gasteiger partial charge is 0.396 e. The van der Waals surface area contributed by atoms with Crippen LogP contribution >= 0.6 is 11.8 Å². The van der Waals surface area contributed by atoms with Gasteiger partial charge in [0, 0.05) is 49.4 Å². The summed E-state index contributed by atoms with van der Waals surface area (Å²) in [5, 5.41) is 24.6. The Hall–Kier alpha value is -3.21. The summed E-state index contributed by atoms with van der Waals surface area (Å²) < 4.78 is 13.0. The lowest BCUT2D eigenvalue weighted by Crippen LogP contribution is -2.38. The number of carbonyl (C=O) groups is 2. The van der Waals surface area contributed by atoms with E-state index in [1.165, 1.54) is 6.92 Å². The second-order valence-electron chi connectivity index (χ2n) is 11.5. The van der Waals surface area contributed by atoms with Crippen LogP contribution in [0.2, 0.25) is 0 Å². The summed E-state index contributed by atoms with van der Waals surface area (Å²) in [4.78, 5) is 23.3. The molecule has 3 aromatic rings. The molecule has 4 rings (SSSR count). The number of aliphatic hydroxyl groups excluding tert-OH is 2. The van der Waals surface area contributed by atoms with Gasteiger partial charge in [0.1, 0.15) is 0 Å². The third kappa shape index (κ3) is 10.7. The maximum Gasteiger partial charge on any atom is 0.220 e. The summed E-state index contributed by atoms with van der Waals surface area (Å²) in [5.41, 5.74) is 5.99. The first-order valence-corrected chi connectivity index (χ1v) is 16.9. The smallest absolute Gasteiger partial charge is 0.220 e. The van der Waals surface area contributed by atoms with Gasteiger partial charge in [0.2, 0.25) is 11.8 Å². The first-order valence-electron chi connectivity index (χ1n) is 15.8. The molecule has 242 valence electrons. The summed E-state index contributed by atoms with van der Waals surface area (Å²) in [5.74, 6) is 1.52. The van der Waals surface area contributed by atoms with E-state index in [0.717, 1.165) is 58.4 Å². The summed E-state index contributed by atoms with van der Waals surface area (Å²) >= 11 is 1.68. The number of rotatable bonds is 16. The molecule has 1 saturated heterocycles. The van der Waals surface area contributed by atoms with Crippen molar-refractivity contribution in [2.45, 2.75) is 71.2 Å². The van der Waals surface area contributed by atoms with Gasteiger partial charge in [-0.15, -0.1) is 0 Å². The Bertz CT molecular complexity index is 1350. The molecule has 0 unspecified atom stereocenters. The summed E-state index contributed by atoms with van der Waals surface area (Å²) in [6.45, 7) is 4.90. The standard InChI is InChI=1S/C36H46N2O6S/c1-25-33(24-45-20-19-39)43-36(44-35(25)30-12-10-27(23-40)11-13-30)31-16-14-29(15-17-31)32-8-6-7-28(21-32)22-38-34(42)9-4-3-5-18-37-26(2)41/h6-8,10-17,21,25,33,35-36,39-40H,3-5,9,18-20,22-24H2,1-2H3,(H,37,41)(H,38,42)/t25-,33+,35+,36+/m1/s1. The molecule has 8 nitrogen and oxygen atoms in total. The topological polar surface area (TPSA) is 117 Å². The van der Waals surface area contributed by atoms with E-state index in [1.54, 1.807) is 11.8 Å². The molecule has 1 aliphatic rings. The lowest BCUT2D eigenvalue weighted by molar-refractivity contribution is -0.268. The molecule has 45 heavy (non-hydrogen) atoms. The van der Waals surface area contributed by atoms with Crippen LogP contribution in [0.25, 0.3) is 11.1 Å². The van der Waals surface area contributed by atoms with Gasteiger partial charge in [-0.05, 0) is 46.7 Å². The zero-order valence-corrected chi connectivity index (χ0v) is 27.1. The number of ether oxygens (including phenoxy) is 2. The molecule has 4 N–H and O–H groups in total. The molecule has 0 spiro atoms. The van der Waals surface area contributed by atoms with Crippen LogP contribution in [0.3, 0.4) is 0 Å². The van der Waals surface area contributed by atoms with E-state index < -0.39 is 6.29 Å². The summed E-state index contributed by atoms with van der Waals surface area (Å²) in [7, 11) is 0. The van der Waals surface area contributed by atoms with Crippen molar-refractivity contribution in [1.29, 1.82) is 0 Å². The molecular weight excluding hydrogens is 588 g/mol. The summed E-state index contributed by atoms with van der Waals surface area (Å²) in [6, 6.07) is 24.3. The van der Waals surface area contributed by atoms with Gasteiger partial charge in [0.15, 0.2) is 6.29 Å². The minimum absolute atomic E-state index is 0.000442. The van der Waals surface area contributed by atoms with E-state index in [1.807, 2.05) is 48.5 Å². The van der Waals surface area contributed by atoms with Crippen molar-refractivity contribution in [1.82, 2.24) is 10.6 Å². The Morgan fingerprint density at radius 1 is 0.844 bits per heavy atom. The van der Waals surface area contributed by atoms with Gasteiger partial charge in [-0.25, -0.2) is 0 Å². The van der Waals surface area contributed by atoms with Gasteiger partial charge >= 0.3 is 0 Å². The summed E-state index contributed by atoms with van der Waals surface area (Å²) in [6.07, 6.45) is 2.27. The van der Waals surface area contributed by atoms with Gasteiger partial charge in [-0.1, -0.05) is 80.1 Å². The fraction of sp³-hybridized carbons (Fsp3) is 0.444. The third-order valence-corrected chi connectivity index (χ3v) is 9.06. The highest BCUT2D eigenvalue weighted by Gasteiger charge is 2.38. The van der Waals surface area contributed by atoms with Crippen LogP contribution in [0.1, 0.15) is 74.2 Å². The minimum atomic E-state index is -0.538. The number of benzene rings is 3. The van der Waals surface area contributed by atoms with E-state index in [2.05, 4.69) is 41.8 Å². The Kier molecular flexibility index (Phi) is 13.9. The monoisotopic (exact) mass is 634 g/mol. The number of hydrogen-bond acceptors (Lipinski definition) is 7. The molecule has 0 aliphatic carbocycles. The Labute approximate surface area is 270 Å². The first kappa shape index (κ1) is 34.7. The maximum absolute atomic E-state index is 12.3. The van der Waals surface area contributed by atoms with Crippen LogP contribution in [-0.4, -0.2) is 52.8 Å². The molecule has 0 radical (unpaired) electrons. The molecule has 2 amide bonds. The number of hydrogen-bond donors (Lipinski definition) is 4. The van der Waals surface area contributed by atoms with E-state index in [0.29, 0.717) is 25.3 Å². The van der Waals surface area contributed by atoms with Crippen LogP contribution in [0.15, 0.2) is 72.8 Å². The van der Waals surface area contributed by atoms with E-state index in [9.17, 15) is 19.8 Å². The molecule has 4 atom stereocenters. The molecule has 0 bridgehead atoms. The van der Waals surface area contributed by atoms with Crippen LogP contribution in [0, 0.1) is 5.92 Å². The minimum Gasteiger partial charge on any atom is -0.396 e. The van der Waals surface area contributed by atoms with Gasteiger partial charge in [0.05, 0.1) is 25.4 Å². The van der Waals surface area contributed by atoms with Crippen molar-refractivity contribution in [3.63, 3.8) is 0 Å². The molecule has 1 heterocycles. The molecule has 0 saturated carbocycles. The maximum atomic E-state index is 12.3. The van der Waals surface area contributed by atoms with Gasteiger partial charge in [-0.3, -0.25) is 9.59 Å². The van der Waals surface area contributed by atoms with Crippen molar-refractivity contribution in [2.75, 3.05) is 24.7 Å².